The fourth-order valence-electron chi connectivity index (χ4n) is 2.61. The Morgan fingerprint density at radius 1 is 0.793 bits per heavy atom. The van der Waals surface area contributed by atoms with Crippen LogP contribution in [0, 0.1) is 0 Å². The minimum atomic E-state index is -3.36. The molecule has 3 nitrogen and oxygen atoms in total. The number of halogens is 2. The molecule has 3 aromatic rings. The van der Waals surface area contributed by atoms with Crippen LogP contribution >= 0.6 is 23.2 Å². The first-order valence-electron chi connectivity index (χ1n) is 8.72. The van der Waals surface area contributed by atoms with Gasteiger partial charge in [0.25, 0.3) is 0 Å². The van der Waals surface area contributed by atoms with E-state index in [1.54, 1.807) is 60.9 Å². The molecule has 0 amide bonds. The van der Waals surface area contributed by atoms with E-state index in [0.29, 0.717) is 21.2 Å². The molecule has 0 bridgehead atoms. The van der Waals surface area contributed by atoms with Crippen molar-refractivity contribution >= 4 is 45.2 Å². The van der Waals surface area contributed by atoms with Crippen molar-refractivity contribution in [3.63, 3.8) is 0 Å². The number of aromatic nitrogens is 1. The summed E-state index contributed by atoms with van der Waals surface area (Å²) in [6.45, 7) is 7.40. The molecule has 0 radical (unpaired) electrons. The summed E-state index contributed by atoms with van der Waals surface area (Å²) in [5, 5.41) is 1.10. The fourth-order valence-corrected chi connectivity index (χ4v) is 4.55. The first kappa shape index (κ1) is 22.9. The van der Waals surface area contributed by atoms with Gasteiger partial charge in [-0.1, -0.05) is 66.7 Å². The van der Waals surface area contributed by atoms with Crippen molar-refractivity contribution in [2.45, 2.75) is 11.5 Å². The summed E-state index contributed by atoms with van der Waals surface area (Å²) >= 11 is 11.9. The number of hydrogen-bond acceptors (Lipinski definition) is 3. The Morgan fingerprint density at radius 2 is 1.24 bits per heavy atom. The van der Waals surface area contributed by atoms with Crippen molar-refractivity contribution in [2.75, 3.05) is 0 Å². The topological polar surface area (TPSA) is 47.0 Å². The van der Waals surface area contributed by atoms with Crippen LogP contribution in [0.1, 0.15) is 22.3 Å². The standard InChI is InChI=1S/C18H16Cl2O2S.C5H5N/c1-3-13-9-17(19)7-5-15(13)11-23(21,22)12-16-6-8-18(20)10-14(16)4-2;1-2-4-6-5-3-1/h3-10H,1-2,11-12H2;1-5H. The van der Waals surface area contributed by atoms with Gasteiger partial charge in [0.1, 0.15) is 0 Å². The van der Waals surface area contributed by atoms with Crippen LogP contribution in [0.4, 0.5) is 0 Å². The Hall–Kier alpha value is -2.40. The second kappa shape index (κ2) is 11.0. The Kier molecular flexibility index (Phi) is 8.65. The summed E-state index contributed by atoms with van der Waals surface area (Å²) in [7, 11) is -3.36. The van der Waals surface area contributed by atoms with E-state index in [1.807, 2.05) is 18.2 Å². The Labute approximate surface area is 182 Å². The van der Waals surface area contributed by atoms with Crippen molar-refractivity contribution < 1.29 is 8.42 Å². The normalized spacial score (nSPS) is 10.6. The summed E-state index contributed by atoms with van der Waals surface area (Å²) in [5.74, 6) is -0.157. The molecule has 1 aromatic heterocycles. The molecule has 0 saturated carbocycles. The lowest BCUT2D eigenvalue weighted by Crippen LogP contribution is -2.09. The van der Waals surface area contributed by atoms with E-state index in [1.165, 1.54) is 0 Å². The van der Waals surface area contributed by atoms with E-state index in [-0.39, 0.29) is 11.5 Å². The largest absolute Gasteiger partial charge is 0.265 e. The van der Waals surface area contributed by atoms with Crippen LogP contribution in [0.3, 0.4) is 0 Å². The maximum Gasteiger partial charge on any atom is 0.158 e. The molecule has 0 atom stereocenters. The summed E-state index contributed by atoms with van der Waals surface area (Å²) in [4.78, 5) is 3.78. The maximum atomic E-state index is 12.5. The Bertz CT molecular complexity index is 989. The van der Waals surface area contributed by atoms with Crippen molar-refractivity contribution in [1.82, 2.24) is 4.98 Å². The van der Waals surface area contributed by atoms with Crippen molar-refractivity contribution in [2.24, 2.45) is 0 Å². The number of benzene rings is 2. The number of nitrogens with zero attached hydrogens (tertiary/aromatic N) is 1. The second-order valence-electron chi connectivity index (χ2n) is 6.15. The van der Waals surface area contributed by atoms with E-state index in [4.69, 9.17) is 23.2 Å². The van der Waals surface area contributed by atoms with Crippen LogP contribution in [0.15, 0.2) is 80.1 Å². The smallest absolute Gasteiger partial charge is 0.158 e. The molecule has 6 heteroatoms. The van der Waals surface area contributed by atoms with Gasteiger partial charge in [-0.2, -0.15) is 0 Å². The quantitative estimate of drug-likeness (QED) is 0.436. The van der Waals surface area contributed by atoms with E-state index < -0.39 is 9.84 Å². The van der Waals surface area contributed by atoms with E-state index in [2.05, 4.69) is 18.1 Å². The van der Waals surface area contributed by atoms with Crippen LogP contribution in [-0.2, 0) is 21.3 Å². The van der Waals surface area contributed by atoms with Gasteiger partial charge in [-0.25, -0.2) is 8.42 Å². The molecule has 1 heterocycles. The average molecular weight is 446 g/mol. The SMILES string of the molecule is C=Cc1cc(Cl)ccc1CS(=O)(=O)Cc1ccc(Cl)cc1C=C.c1ccncc1. The molecule has 0 spiro atoms. The van der Waals surface area contributed by atoms with Crippen LogP contribution in [0.25, 0.3) is 12.2 Å². The van der Waals surface area contributed by atoms with Gasteiger partial charge in [-0.3, -0.25) is 4.98 Å². The third-order valence-electron chi connectivity index (χ3n) is 3.97. The van der Waals surface area contributed by atoms with Gasteiger partial charge in [-0.15, -0.1) is 0 Å². The van der Waals surface area contributed by atoms with Crippen LogP contribution < -0.4 is 0 Å². The summed E-state index contributed by atoms with van der Waals surface area (Å²) in [6, 6.07) is 15.9. The molecule has 0 aliphatic heterocycles. The minimum absolute atomic E-state index is 0.0786. The van der Waals surface area contributed by atoms with Crippen LogP contribution in [-0.4, -0.2) is 13.4 Å². The molecule has 0 unspecified atom stereocenters. The lowest BCUT2D eigenvalue weighted by atomic mass is 10.1. The molecule has 0 aliphatic rings. The summed E-state index contributed by atoms with van der Waals surface area (Å²) < 4.78 is 25.1. The van der Waals surface area contributed by atoms with Crippen LogP contribution in [0.2, 0.25) is 10.0 Å². The Morgan fingerprint density at radius 3 is 1.55 bits per heavy atom. The molecule has 0 N–H and O–H groups in total. The summed E-state index contributed by atoms with van der Waals surface area (Å²) in [5.41, 5.74) is 2.80. The maximum absolute atomic E-state index is 12.5. The lowest BCUT2D eigenvalue weighted by molar-refractivity contribution is 0.594. The molecule has 2 aromatic carbocycles. The highest BCUT2D eigenvalue weighted by Gasteiger charge is 2.17. The zero-order valence-electron chi connectivity index (χ0n) is 15.8. The first-order valence-corrected chi connectivity index (χ1v) is 11.3. The number of rotatable bonds is 6. The van der Waals surface area contributed by atoms with Crippen molar-refractivity contribution in [3.05, 3.63) is 112 Å². The molecular weight excluding hydrogens is 425 g/mol. The van der Waals surface area contributed by atoms with E-state index in [0.717, 1.165) is 11.1 Å². The van der Waals surface area contributed by atoms with Gasteiger partial charge in [-0.05, 0) is 58.7 Å². The third kappa shape index (κ3) is 7.50. The fraction of sp³-hybridized carbons (Fsp3) is 0.0870. The van der Waals surface area contributed by atoms with Gasteiger partial charge < -0.3 is 0 Å². The highest BCUT2D eigenvalue weighted by Crippen LogP contribution is 2.23. The molecular formula is C23H21Cl2NO2S. The van der Waals surface area contributed by atoms with Gasteiger partial charge in [0.2, 0.25) is 0 Å². The third-order valence-corrected chi connectivity index (χ3v) is 5.94. The highest BCUT2D eigenvalue weighted by atomic mass is 35.5. The predicted molar refractivity (Wildman–Crippen MR) is 124 cm³/mol. The van der Waals surface area contributed by atoms with Crippen molar-refractivity contribution in [3.8, 4) is 0 Å². The van der Waals surface area contributed by atoms with Gasteiger partial charge in [0.15, 0.2) is 9.84 Å². The molecule has 3 rings (SSSR count). The zero-order valence-corrected chi connectivity index (χ0v) is 18.1. The van der Waals surface area contributed by atoms with Gasteiger partial charge >= 0.3 is 0 Å². The average Bonchev–Trinajstić information content (AvgIpc) is 2.72. The van der Waals surface area contributed by atoms with E-state index in [9.17, 15) is 8.42 Å². The number of hydrogen-bond donors (Lipinski definition) is 0. The second-order valence-corrected chi connectivity index (χ2v) is 9.09. The lowest BCUT2D eigenvalue weighted by Gasteiger charge is -2.10. The highest BCUT2D eigenvalue weighted by molar-refractivity contribution is 7.89. The van der Waals surface area contributed by atoms with Gasteiger partial charge in [0.05, 0.1) is 11.5 Å². The van der Waals surface area contributed by atoms with Crippen molar-refractivity contribution in [1.29, 1.82) is 0 Å². The van der Waals surface area contributed by atoms with Gasteiger partial charge in [0, 0.05) is 22.4 Å². The number of sulfone groups is 1. The van der Waals surface area contributed by atoms with Crippen LogP contribution in [0.5, 0.6) is 0 Å². The monoisotopic (exact) mass is 445 g/mol. The molecule has 0 saturated heterocycles. The zero-order chi connectivity index (χ0) is 21.3. The number of pyridine rings is 1. The Balaban J connectivity index is 0.000000426. The summed E-state index contributed by atoms with van der Waals surface area (Å²) in [6.07, 6.45) is 6.71. The minimum Gasteiger partial charge on any atom is -0.265 e. The molecule has 0 fully saturated rings. The predicted octanol–water partition coefficient (Wildman–Crippen LogP) is 6.48. The molecule has 0 aliphatic carbocycles. The first-order chi connectivity index (χ1) is 13.8. The van der Waals surface area contributed by atoms with E-state index >= 15 is 0 Å². The molecule has 29 heavy (non-hydrogen) atoms. The molecule has 150 valence electrons.